The monoisotopic (exact) mass is 221 g/mol. The molecule has 0 atom stereocenters. The lowest BCUT2D eigenvalue weighted by Crippen LogP contribution is -2.18. The fraction of sp³-hybridized carbons (Fsp3) is 0.125. The summed E-state index contributed by atoms with van der Waals surface area (Å²) in [5, 5.41) is 0. The molecule has 0 aliphatic carbocycles. The molecular formula is C16H15N. The van der Waals surface area contributed by atoms with E-state index in [9.17, 15) is 0 Å². The third-order valence-electron chi connectivity index (χ3n) is 3.25. The SMILES string of the molecule is CN1Cc2ccccc2/C=C/c2ccccc21. The van der Waals surface area contributed by atoms with Gasteiger partial charge in [0.2, 0.25) is 0 Å². The van der Waals surface area contributed by atoms with Crippen LogP contribution >= 0.6 is 0 Å². The van der Waals surface area contributed by atoms with Crippen LogP contribution in [0.4, 0.5) is 5.69 Å². The minimum atomic E-state index is 0.956. The Balaban J connectivity index is 2.16. The molecule has 0 radical (unpaired) electrons. The van der Waals surface area contributed by atoms with E-state index < -0.39 is 0 Å². The Morgan fingerprint density at radius 1 is 0.824 bits per heavy atom. The summed E-state index contributed by atoms with van der Waals surface area (Å²) in [6.45, 7) is 0.956. The van der Waals surface area contributed by atoms with Gasteiger partial charge in [-0.05, 0) is 22.8 Å². The van der Waals surface area contributed by atoms with Crippen LogP contribution in [0.2, 0.25) is 0 Å². The second-order valence-electron chi connectivity index (χ2n) is 4.45. The van der Waals surface area contributed by atoms with Gasteiger partial charge in [0.25, 0.3) is 0 Å². The zero-order valence-corrected chi connectivity index (χ0v) is 9.93. The maximum Gasteiger partial charge on any atom is 0.0440 e. The first-order valence-electron chi connectivity index (χ1n) is 5.91. The number of anilines is 1. The first kappa shape index (κ1) is 10.2. The maximum atomic E-state index is 2.30. The van der Waals surface area contributed by atoms with Crippen molar-refractivity contribution in [3.05, 3.63) is 65.2 Å². The first-order valence-corrected chi connectivity index (χ1v) is 5.91. The van der Waals surface area contributed by atoms with Crippen LogP contribution in [0, 0.1) is 0 Å². The lowest BCUT2D eigenvalue weighted by molar-refractivity contribution is 0.918. The predicted molar refractivity (Wildman–Crippen MR) is 73.9 cm³/mol. The third-order valence-corrected chi connectivity index (χ3v) is 3.25. The quantitative estimate of drug-likeness (QED) is 0.654. The fourth-order valence-electron chi connectivity index (χ4n) is 2.34. The van der Waals surface area contributed by atoms with Gasteiger partial charge in [0.15, 0.2) is 0 Å². The van der Waals surface area contributed by atoms with E-state index in [-0.39, 0.29) is 0 Å². The van der Waals surface area contributed by atoms with Crippen LogP contribution in [0.1, 0.15) is 16.7 Å². The largest absolute Gasteiger partial charge is 0.370 e. The smallest absolute Gasteiger partial charge is 0.0440 e. The molecule has 0 N–H and O–H groups in total. The first-order chi connectivity index (χ1) is 8.34. The topological polar surface area (TPSA) is 3.24 Å². The highest BCUT2D eigenvalue weighted by Gasteiger charge is 2.10. The minimum Gasteiger partial charge on any atom is -0.370 e. The van der Waals surface area contributed by atoms with Crippen LogP contribution in [-0.2, 0) is 6.54 Å². The highest BCUT2D eigenvalue weighted by molar-refractivity contribution is 5.79. The van der Waals surface area contributed by atoms with E-state index in [0.29, 0.717) is 0 Å². The maximum absolute atomic E-state index is 2.30. The number of fused-ring (bicyclic) bond motifs is 2. The number of benzene rings is 2. The molecule has 0 amide bonds. The number of rotatable bonds is 0. The van der Waals surface area contributed by atoms with Gasteiger partial charge < -0.3 is 4.90 Å². The van der Waals surface area contributed by atoms with Crippen molar-refractivity contribution in [2.24, 2.45) is 0 Å². The molecule has 1 nitrogen and oxygen atoms in total. The van der Waals surface area contributed by atoms with Crippen molar-refractivity contribution in [3.63, 3.8) is 0 Å². The normalized spacial score (nSPS) is 15.5. The average Bonchev–Trinajstić information content (AvgIpc) is 2.36. The summed E-state index contributed by atoms with van der Waals surface area (Å²) in [5.74, 6) is 0. The molecule has 1 heteroatoms. The third kappa shape index (κ3) is 1.84. The zero-order valence-electron chi connectivity index (χ0n) is 9.93. The Bertz CT molecular complexity index is 569. The number of hydrogen-bond donors (Lipinski definition) is 0. The Hall–Kier alpha value is -2.02. The molecule has 0 spiro atoms. The van der Waals surface area contributed by atoms with Crippen LogP contribution in [0.3, 0.4) is 0 Å². The Morgan fingerprint density at radius 2 is 1.47 bits per heavy atom. The molecule has 1 heterocycles. The van der Waals surface area contributed by atoms with Crippen molar-refractivity contribution < 1.29 is 0 Å². The second-order valence-corrected chi connectivity index (χ2v) is 4.45. The minimum absolute atomic E-state index is 0.956. The molecule has 0 fully saturated rings. The summed E-state index contributed by atoms with van der Waals surface area (Å²) in [6.07, 6.45) is 4.41. The molecule has 0 bridgehead atoms. The van der Waals surface area contributed by atoms with Gasteiger partial charge in [0, 0.05) is 19.3 Å². The van der Waals surface area contributed by atoms with Gasteiger partial charge in [-0.25, -0.2) is 0 Å². The van der Waals surface area contributed by atoms with Crippen LogP contribution in [0.25, 0.3) is 12.2 Å². The molecule has 3 rings (SSSR count). The highest BCUT2D eigenvalue weighted by Crippen LogP contribution is 2.27. The van der Waals surface area contributed by atoms with Crippen molar-refractivity contribution in [2.45, 2.75) is 6.54 Å². The van der Waals surface area contributed by atoms with Gasteiger partial charge in [0.05, 0.1) is 0 Å². The van der Waals surface area contributed by atoms with Gasteiger partial charge in [-0.3, -0.25) is 0 Å². The van der Waals surface area contributed by atoms with E-state index in [1.54, 1.807) is 0 Å². The molecule has 84 valence electrons. The Morgan fingerprint density at radius 3 is 2.35 bits per heavy atom. The van der Waals surface area contributed by atoms with Crippen molar-refractivity contribution in [2.75, 3.05) is 11.9 Å². The second kappa shape index (κ2) is 4.10. The van der Waals surface area contributed by atoms with Crippen molar-refractivity contribution in [3.8, 4) is 0 Å². The molecule has 1 aliphatic heterocycles. The van der Waals surface area contributed by atoms with E-state index in [1.165, 1.54) is 22.4 Å². The molecule has 2 aromatic rings. The molecule has 2 aromatic carbocycles. The predicted octanol–water partition coefficient (Wildman–Crippen LogP) is 3.81. The zero-order chi connectivity index (χ0) is 11.7. The molecule has 0 aromatic heterocycles. The van der Waals surface area contributed by atoms with Crippen molar-refractivity contribution >= 4 is 17.8 Å². The van der Waals surface area contributed by atoms with E-state index in [4.69, 9.17) is 0 Å². The van der Waals surface area contributed by atoms with Crippen molar-refractivity contribution in [1.82, 2.24) is 0 Å². The fourth-order valence-corrected chi connectivity index (χ4v) is 2.34. The summed E-state index contributed by atoms with van der Waals surface area (Å²) in [7, 11) is 2.15. The average molecular weight is 221 g/mol. The molecule has 17 heavy (non-hydrogen) atoms. The summed E-state index contributed by atoms with van der Waals surface area (Å²) < 4.78 is 0. The number of hydrogen-bond acceptors (Lipinski definition) is 1. The van der Waals surface area contributed by atoms with Gasteiger partial charge in [0.1, 0.15) is 0 Å². The summed E-state index contributed by atoms with van der Waals surface area (Å²) in [4.78, 5) is 2.30. The standard InChI is InChI=1S/C16H15N/c1-17-12-15-8-3-2-6-13(15)10-11-14-7-4-5-9-16(14)17/h2-11H,12H2,1H3/b11-10+. The number of para-hydroxylation sites is 1. The van der Waals surface area contributed by atoms with Gasteiger partial charge >= 0.3 is 0 Å². The van der Waals surface area contributed by atoms with E-state index >= 15 is 0 Å². The molecule has 0 unspecified atom stereocenters. The molecular weight excluding hydrogens is 206 g/mol. The van der Waals surface area contributed by atoms with Gasteiger partial charge in [-0.15, -0.1) is 0 Å². The molecule has 1 aliphatic rings. The van der Waals surface area contributed by atoms with Crippen LogP contribution in [-0.4, -0.2) is 7.05 Å². The van der Waals surface area contributed by atoms with Crippen LogP contribution in [0.5, 0.6) is 0 Å². The molecule has 0 saturated heterocycles. The van der Waals surface area contributed by atoms with E-state index in [0.717, 1.165) is 6.54 Å². The summed E-state index contributed by atoms with van der Waals surface area (Å²) in [6, 6.07) is 17.1. The van der Waals surface area contributed by atoms with Crippen molar-refractivity contribution in [1.29, 1.82) is 0 Å². The highest BCUT2D eigenvalue weighted by atomic mass is 15.1. The van der Waals surface area contributed by atoms with Crippen LogP contribution in [0.15, 0.2) is 48.5 Å². The Labute approximate surface area is 102 Å². The summed E-state index contributed by atoms with van der Waals surface area (Å²) in [5.41, 5.74) is 5.26. The van der Waals surface area contributed by atoms with Crippen LogP contribution < -0.4 is 4.90 Å². The van der Waals surface area contributed by atoms with E-state index in [2.05, 4.69) is 72.6 Å². The lowest BCUT2D eigenvalue weighted by Gasteiger charge is -2.24. The lowest BCUT2D eigenvalue weighted by atomic mass is 10.0. The van der Waals surface area contributed by atoms with E-state index in [1.807, 2.05) is 0 Å². The summed E-state index contributed by atoms with van der Waals surface area (Å²) >= 11 is 0. The molecule has 0 saturated carbocycles. The Kier molecular flexibility index (Phi) is 2.45. The number of nitrogens with zero attached hydrogens (tertiary/aromatic N) is 1. The van der Waals surface area contributed by atoms with Gasteiger partial charge in [-0.1, -0.05) is 54.6 Å². The van der Waals surface area contributed by atoms with Gasteiger partial charge in [-0.2, -0.15) is 0 Å².